The summed E-state index contributed by atoms with van der Waals surface area (Å²) >= 11 is 0. The van der Waals surface area contributed by atoms with Crippen LogP contribution in [0.5, 0.6) is 0 Å². The number of rotatable bonds is 1. The first-order valence-electron chi connectivity index (χ1n) is 3.97. The summed E-state index contributed by atoms with van der Waals surface area (Å²) in [5, 5.41) is 0. The van der Waals surface area contributed by atoms with Crippen LogP contribution in [0.3, 0.4) is 0 Å². The highest BCUT2D eigenvalue weighted by atomic mass is 16.5. The van der Waals surface area contributed by atoms with Gasteiger partial charge in [0.1, 0.15) is 5.72 Å². The van der Waals surface area contributed by atoms with Crippen LogP contribution in [0.4, 0.5) is 0 Å². The molecule has 1 aliphatic heterocycles. The SMILES string of the molecule is C=C(C)[C@H]1COC(C)(C)N1C. The molecule has 64 valence electrons. The first-order valence-corrected chi connectivity index (χ1v) is 3.97. The van der Waals surface area contributed by atoms with E-state index < -0.39 is 0 Å². The first kappa shape index (κ1) is 8.75. The summed E-state index contributed by atoms with van der Waals surface area (Å²) in [6.45, 7) is 10.9. The van der Waals surface area contributed by atoms with Crippen molar-refractivity contribution in [3.05, 3.63) is 12.2 Å². The minimum Gasteiger partial charge on any atom is -0.359 e. The lowest BCUT2D eigenvalue weighted by molar-refractivity contribution is -0.0404. The standard InChI is InChI=1S/C9H17NO/c1-7(2)8-6-11-9(3,4)10(8)5/h8H,1,6H2,2-5H3/t8-/m1/s1. The lowest BCUT2D eigenvalue weighted by Gasteiger charge is -2.29. The van der Waals surface area contributed by atoms with Gasteiger partial charge in [-0.25, -0.2) is 0 Å². The van der Waals surface area contributed by atoms with Gasteiger partial charge in [-0.3, -0.25) is 4.90 Å². The maximum atomic E-state index is 5.59. The van der Waals surface area contributed by atoms with E-state index >= 15 is 0 Å². The molecule has 2 nitrogen and oxygen atoms in total. The van der Waals surface area contributed by atoms with Crippen molar-refractivity contribution in [3.8, 4) is 0 Å². The van der Waals surface area contributed by atoms with Crippen LogP contribution in [0.25, 0.3) is 0 Å². The summed E-state index contributed by atoms with van der Waals surface area (Å²) in [5.41, 5.74) is 1.06. The number of ether oxygens (including phenoxy) is 1. The summed E-state index contributed by atoms with van der Waals surface area (Å²) in [7, 11) is 2.08. The summed E-state index contributed by atoms with van der Waals surface area (Å²) in [6.07, 6.45) is 0. The molecule has 0 aromatic heterocycles. The molecule has 0 spiro atoms. The molecule has 0 aliphatic carbocycles. The van der Waals surface area contributed by atoms with E-state index in [0.717, 1.165) is 6.61 Å². The van der Waals surface area contributed by atoms with Crippen molar-refractivity contribution in [2.75, 3.05) is 13.7 Å². The third-order valence-electron chi connectivity index (χ3n) is 2.48. The normalized spacial score (nSPS) is 30.7. The number of hydrogen-bond donors (Lipinski definition) is 0. The van der Waals surface area contributed by atoms with Crippen molar-refractivity contribution in [1.29, 1.82) is 0 Å². The molecule has 1 aliphatic rings. The van der Waals surface area contributed by atoms with Crippen molar-refractivity contribution in [1.82, 2.24) is 4.90 Å². The van der Waals surface area contributed by atoms with E-state index in [4.69, 9.17) is 4.74 Å². The second-order valence-electron chi connectivity index (χ2n) is 3.73. The minimum absolute atomic E-state index is 0.121. The number of nitrogens with zero attached hydrogens (tertiary/aromatic N) is 1. The molecule has 2 heteroatoms. The fourth-order valence-electron chi connectivity index (χ4n) is 1.34. The Morgan fingerprint density at radius 1 is 1.64 bits per heavy atom. The second kappa shape index (κ2) is 2.61. The summed E-state index contributed by atoms with van der Waals surface area (Å²) < 4.78 is 5.59. The molecule has 0 bridgehead atoms. The Morgan fingerprint density at radius 3 is 2.36 bits per heavy atom. The van der Waals surface area contributed by atoms with Crippen molar-refractivity contribution in [2.24, 2.45) is 0 Å². The Hall–Kier alpha value is -0.340. The molecular formula is C9H17NO. The van der Waals surface area contributed by atoms with Gasteiger partial charge in [-0.05, 0) is 27.8 Å². The average Bonchev–Trinajstić information content (AvgIpc) is 2.09. The summed E-state index contributed by atoms with van der Waals surface area (Å²) in [6, 6.07) is 0.394. The fourth-order valence-corrected chi connectivity index (χ4v) is 1.34. The maximum Gasteiger partial charge on any atom is 0.116 e. The Balaban J connectivity index is 2.71. The summed E-state index contributed by atoms with van der Waals surface area (Å²) in [4.78, 5) is 2.22. The lowest BCUT2D eigenvalue weighted by Crippen LogP contribution is -2.40. The van der Waals surface area contributed by atoms with E-state index in [2.05, 4.69) is 32.4 Å². The van der Waals surface area contributed by atoms with Gasteiger partial charge in [-0.1, -0.05) is 12.2 Å². The lowest BCUT2D eigenvalue weighted by atomic mass is 10.1. The van der Waals surface area contributed by atoms with Gasteiger partial charge in [0.25, 0.3) is 0 Å². The highest BCUT2D eigenvalue weighted by molar-refractivity contribution is 5.06. The molecule has 0 radical (unpaired) electrons. The first-order chi connectivity index (χ1) is 4.95. The van der Waals surface area contributed by atoms with Crippen LogP contribution in [-0.4, -0.2) is 30.3 Å². The molecule has 0 N–H and O–H groups in total. The Bertz CT molecular complexity index is 174. The zero-order valence-electron chi connectivity index (χ0n) is 7.85. The monoisotopic (exact) mass is 155 g/mol. The van der Waals surface area contributed by atoms with E-state index in [1.165, 1.54) is 5.57 Å². The number of likely N-dealkylation sites (N-methyl/N-ethyl adjacent to an activating group) is 1. The third-order valence-corrected chi connectivity index (χ3v) is 2.48. The Kier molecular flexibility index (Phi) is 2.08. The third kappa shape index (κ3) is 1.47. The van der Waals surface area contributed by atoms with E-state index in [1.54, 1.807) is 0 Å². The van der Waals surface area contributed by atoms with Gasteiger partial charge in [0.15, 0.2) is 0 Å². The van der Waals surface area contributed by atoms with Crippen LogP contribution in [0, 0.1) is 0 Å². The molecule has 1 atom stereocenters. The fraction of sp³-hybridized carbons (Fsp3) is 0.778. The molecule has 1 rings (SSSR count). The molecule has 0 aromatic rings. The molecular weight excluding hydrogens is 138 g/mol. The van der Waals surface area contributed by atoms with Crippen molar-refractivity contribution >= 4 is 0 Å². The molecule has 1 heterocycles. The van der Waals surface area contributed by atoms with Gasteiger partial charge in [0.05, 0.1) is 12.6 Å². The van der Waals surface area contributed by atoms with E-state index in [-0.39, 0.29) is 5.72 Å². The van der Waals surface area contributed by atoms with Crippen molar-refractivity contribution in [3.63, 3.8) is 0 Å². The highest BCUT2D eigenvalue weighted by Gasteiger charge is 2.37. The van der Waals surface area contributed by atoms with Crippen LogP contribution >= 0.6 is 0 Å². The molecule has 0 amide bonds. The molecule has 11 heavy (non-hydrogen) atoms. The quantitative estimate of drug-likeness (QED) is 0.534. The molecule has 0 aromatic carbocycles. The number of hydrogen-bond acceptors (Lipinski definition) is 2. The highest BCUT2D eigenvalue weighted by Crippen LogP contribution is 2.27. The minimum atomic E-state index is -0.121. The second-order valence-corrected chi connectivity index (χ2v) is 3.73. The zero-order valence-corrected chi connectivity index (χ0v) is 7.85. The molecule has 0 unspecified atom stereocenters. The van der Waals surface area contributed by atoms with Gasteiger partial charge in [-0.2, -0.15) is 0 Å². The predicted octanol–water partition coefficient (Wildman–Crippen LogP) is 1.63. The van der Waals surface area contributed by atoms with Crippen LogP contribution in [0.1, 0.15) is 20.8 Å². The zero-order chi connectivity index (χ0) is 8.65. The van der Waals surface area contributed by atoms with Crippen LogP contribution in [-0.2, 0) is 4.74 Å². The largest absolute Gasteiger partial charge is 0.359 e. The van der Waals surface area contributed by atoms with Crippen LogP contribution < -0.4 is 0 Å². The van der Waals surface area contributed by atoms with Crippen molar-refractivity contribution < 1.29 is 4.74 Å². The van der Waals surface area contributed by atoms with E-state index in [9.17, 15) is 0 Å². The van der Waals surface area contributed by atoms with Crippen molar-refractivity contribution in [2.45, 2.75) is 32.5 Å². The molecule has 1 saturated heterocycles. The van der Waals surface area contributed by atoms with Gasteiger partial charge >= 0.3 is 0 Å². The maximum absolute atomic E-state index is 5.59. The molecule has 0 saturated carbocycles. The summed E-state index contributed by atoms with van der Waals surface area (Å²) in [5.74, 6) is 0. The predicted molar refractivity (Wildman–Crippen MR) is 46.4 cm³/mol. The molecule has 1 fully saturated rings. The topological polar surface area (TPSA) is 12.5 Å². The van der Waals surface area contributed by atoms with Gasteiger partial charge < -0.3 is 4.74 Å². The van der Waals surface area contributed by atoms with Gasteiger partial charge in [-0.15, -0.1) is 0 Å². The van der Waals surface area contributed by atoms with Crippen LogP contribution in [0.15, 0.2) is 12.2 Å². The van der Waals surface area contributed by atoms with Crippen LogP contribution in [0.2, 0.25) is 0 Å². The van der Waals surface area contributed by atoms with Gasteiger partial charge in [0, 0.05) is 0 Å². The smallest absolute Gasteiger partial charge is 0.116 e. The van der Waals surface area contributed by atoms with E-state index in [0.29, 0.717) is 6.04 Å². The Labute approximate surface area is 68.8 Å². The van der Waals surface area contributed by atoms with E-state index in [1.807, 2.05) is 6.92 Å². The van der Waals surface area contributed by atoms with Gasteiger partial charge in [0.2, 0.25) is 0 Å². The Morgan fingerprint density at radius 2 is 2.18 bits per heavy atom. The average molecular weight is 155 g/mol.